The molecule has 0 aliphatic rings. The zero-order valence-corrected chi connectivity index (χ0v) is 12.7. The van der Waals surface area contributed by atoms with Crippen molar-refractivity contribution in [3.63, 3.8) is 0 Å². The third-order valence-corrected chi connectivity index (χ3v) is 3.78. The molecule has 2 aromatic carbocycles. The lowest BCUT2D eigenvalue weighted by Crippen LogP contribution is -2.09. The molecule has 0 fully saturated rings. The maximum atomic E-state index is 12.1. The first-order valence-corrected chi connectivity index (χ1v) is 7.37. The Hall–Kier alpha value is -2.88. The highest BCUT2D eigenvalue weighted by atomic mass is 16.5. The number of rotatable bonds is 5. The van der Waals surface area contributed by atoms with Gasteiger partial charge < -0.3 is 9.15 Å². The van der Waals surface area contributed by atoms with Gasteiger partial charge in [-0.1, -0.05) is 30.3 Å². The average Bonchev–Trinajstić information content (AvgIpc) is 2.58. The van der Waals surface area contributed by atoms with Gasteiger partial charge in [0.25, 0.3) is 0 Å². The number of fused-ring (bicyclic) bond motifs is 1. The Morgan fingerprint density at radius 3 is 2.65 bits per heavy atom. The van der Waals surface area contributed by atoms with Gasteiger partial charge in [-0.05, 0) is 24.6 Å². The average molecular weight is 308 g/mol. The predicted molar refractivity (Wildman–Crippen MR) is 88.2 cm³/mol. The summed E-state index contributed by atoms with van der Waals surface area (Å²) in [5.74, 6) is 0.676. The minimum absolute atomic E-state index is 0.0228. The molecule has 23 heavy (non-hydrogen) atoms. The number of aldehydes is 1. The van der Waals surface area contributed by atoms with Crippen molar-refractivity contribution < 1.29 is 13.9 Å². The van der Waals surface area contributed by atoms with Crippen LogP contribution in [0.3, 0.4) is 0 Å². The van der Waals surface area contributed by atoms with Gasteiger partial charge in [0.1, 0.15) is 17.6 Å². The Morgan fingerprint density at radius 1 is 1.13 bits per heavy atom. The van der Waals surface area contributed by atoms with Gasteiger partial charge in [-0.2, -0.15) is 0 Å². The molecular formula is C19H16O4. The van der Waals surface area contributed by atoms with Crippen LogP contribution in [0.25, 0.3) is 11.0 Å². The second-order valence-electron chi connectivity index (χ2n) is 5.29. The summed E-state index contributed by atoms with van der Waals surface area (Å²) in [6.07, 6.45) is 2.50. The number of carbonyl (C=O) groups excluding carboxylic acids is 1. The van der Waals surface area contributed by atoms with E-state index in [1.54, 1.807) is 12.1 Å². The normalized spacial score (nSPS) is 10.7. The fraction of sp³-hybridized carbons (Fsp3) is 0.158. The lowest BCUT2D eigenvalue weighted by atomic mass is 10.1. The van der Waals surface area contributed by atoms with Crippen LogP contribution in [0.15, 0.2) is 57.9 Å². The van der Waals surface area contributed by atoms with Crippen LogP contribution >= 0.6 is 0 Å². The molecule has 0 aliphatic heterocycles. The van der Waals surface area contributed by atoms with Crippen LogP contribution in [0.4, 0.5) is 0 Å². The Morgan fingerprint density at radius 2 is 1.91 bits per heavy atom. The molecule has 0 N–H and O–H groups in total. The van der Waals surface area contributed by atoms with E-state index in [9.17, 15) is 9.59 Å². The highest BCUT2D eigenvalue weighted by Crippen LogP contribution is 2.26. The SMILES string of the molecule is Cc1c(OCCc2ccccc2)ccc2c(=O)c(C=O)coc12. The smallest absolute Gasteiger partial charge is 0.203 e. The topological polar surface area (TPSA) is 56.5 Å². The third-order valence-electron chi connectivity index (χ3n) is 3.78. The van der Waals surface area contributed by atoms with Crippen LogP contribution < -0.4 is 10.2 Å². The number of ether oxygens (including phenoxy) is 1. The van der Waals surface area contributed by atoms with E-state index in [4.69, 9.17) is 9.15 Å². The molecule has 116 valence electrons. The third kappa shape index (κ3) is 3.01. The van der Waals surface area contributed by atoms with E-state index in [1.807, 2.05) is 25.1 Å². The maximum absolute atomic E-state index is 12.1. The fourth-order valence-electron chi connectivity index (χ4n) is 2.50. The van der Waals surface area contributed by atoms with E-state index >= 15 is 0 Å². The van der Waals surface area contributed by atoms with Crippen LogP contribution in [-0.2, 0) is 6.42 Å². The van der Waals surface area contributed by atoms with Gasteiger partial charge in [0.05, 0.1) is 17.6 Å². The molecule has 1 aromatic heterocycles. The van der Waals surface area contributed by atoms with Crippen molar-refractivity contribution in [3.8, 4) is 5.75 Å². The van der Waals surface area contributed by atoms with Crippen molar-refractivity contribution in [2.24, 2.45) is 0 Å². The Kier molecular flexibility index (Phi) is 4.24. The predicted octanol–water partition coefficient (Wildman–Crippen LogP) is 3.54. The van der Waals surface area contributed by atoms with Gasteiger partial charge in [-0.15, -0.1) is 0 Å². The fourth-order valence-corrected chi connectivity index (χ4v) is 2.50. The Balaban J connectivity index is 1.83. The van der Waals surface area contributed by atoms with Crippen molar-refractivity contribution in [1.82, 2.24) is 0 Å². The second-order valence-corrected chi connectivity index (χ2v) is 5.29. The Labute approximate surface area is 133 Å². The summed E-state index contributed by atoms with van der Waals surface area (Å²) < 4.78 is 11.3. The molecule has 3 aromatic rings. The number of aryl methyl sites for hydroxylation is 1. The number of benzene rings is 2. The molecule has 0 amide bonds. The van der Waals surface area contributed by atoms with Crippen LogP contribution in [0, 0.1) is 6.92 Å². The molecule has 4 nitrogen and oxygen atoms in total. The minimum Gasteiger partial charge on any atom is -0.493 e. The van der Waals surface area contributed by atoms with Crippen molar-refractivity contribution in [2.75, 3.05) is 6.61 Å². The molecule has 0 aliphatic carbocycles. The zero-order chi connectivity index (χ0) is 16.2. The van der Waals surface area contributed by atoms with Gasteiger partial charge in [0, 0.05) is 12.0 Å². The van der Waals surface area contributed by atoms with Crippen molar-refractivity contribution >= 4 is 17.3 Å². The van der Waals surface area contributed by atoms with Crippen molar-refractivity contribution in [2.45, 2.75) is 13.3 Å². The van der Waals surface area contributed by atoms with E-state index in [0.717, 1.165) is 12.0 Å². The molecule has 3 rings (SSSR count). The van der Waals surface area contributed by atoms with Crippen LogP contribution in [0.2, 0.25) is 0 Å². The summed E-state index contributed by atoms with van der Waals surface area (Å²) in [6, 6.07) is 13.5. The molecule has 0 saturated carbocycles. The summed E-state index contributed by atoms with van der Waals surface area (Å²) in [4.78, 5) is 22.9. The maximum Gasteiger partial charge on any atom is 0.203 e. The van der Waals surface area contributed by atoms with Gasteiger partial charge >= 0.3 is 0 Å². The lowest BCUT2D eigenvalue weighted by Gasteiger charge is -2.10. The van der Waals surface area contributed by atoms with Crippen LogP contribution in [0.1, 0.15) is 21.5 Å². The lowest BCUT2D eigenvalue weighted by molar-refractivity contribution is 0.112. The molecule has 0 bridgehead atoms. The van der Waals surface area contributed by atoms with Crippen molar-refractivity contribution in [1.29, 1.82) is 0 Å². The van der Waals surface area contributed by atoms with Gasteiger partial charge in [0.15, 0.2) is 6.29 Å². The van der Waals surface area contributed by atoms with Gasteiger partial charge in [0.2, 0.25) is 5.43 Å². The first kappa shape index (κ1) is 15.0. The molecule has 0 spiro atoms. The standard InChI is InChI=1S/C19H16O4/c1-13-17(22-10-9-14-5-3-2-4-6-14)8-7-16-18(21)15(11-20)12-23-19(13)16/h2-8,11-12H,9-10H2,1H3. The molecule has 0 radical (unpaired) electrons. The number of hydrogen-bond donors (Lipinski definition) is 0. The Bertz CT molecular complexity index is 894. The molecule has 4 heteroatoms. The van der Waals surface area contributed by atoms with E-state index < -0.39 is 0 Å². The quantitative estimate of drug-likeness (QED) is 0.677. The van der Waals surface area contributed by atoms with E-state index in [0.29, 0.717) is 29.6 Å². The van der Waals surface area contributed by atoms with Crippen molar-refractivity contribution in [3.05, 3.63) is 75.6 Å². The van der Waals surface area contributed by atoms with Crippen LogP contribution in [-0.4, -0.2) is 12.9 Å². The zero-order valence-electron chi connectivity index (χ0n) is 12.7. The molecule has 0 saturated heterocycles. The minimum atomic E-state index is -0.319. The summed E-state index contributed by atoms with van der Waals surface area (Å²) in [5, 5.41) is 0.391. The summed E-state index contributed by atoms with van der Waals surface area (Å²) in [6.45, 7) is 2.37. The molecule has 0 unspecified atom stereocenters. The van der Waals surface area contributed by atoms with E-state index in [-0.39, 0.29) is 11.0 Å². The summed E-state index contributed by atoms with van der Waals surface area (Å²) in [5.41, 5.74) is 2.12. The first-order chi connectivity index (χ1) is 11.2. The second kappa shape index (κ2) is 6.48. The van der Waals surface area contributed by atoms with Gasteiger partial charge in [-0.3, -0.25) is 9.59 Å². The molecule has 0 atom stereocenters. The van der Waals surface area contributed by atoms with E-state index in [2.05, 4.69) is 12.1 Å². The highest BCUT2D eigenvalue weighted by Gasteiger charge is 2.12. The largest absolute Gasteiger partial charge is 0.493 e. The molecule has 1 heterocycles. The van der Waals surface area contributed by atoms with Crippen LogP contribution in [0.5, 0.6) is 5.75 Å². The van der Waals surface area contributed by atoms with Gasteiger partial charge in [-0.25, -0.2) is 0 Å². The summed E-state index contributed by atoms with van der Waals surface area (Å²) >= 11 is 0. The number of hydrogen-bond acceptors (Lipinski definition) is 4. The summed E-state index contributed by atoms with van der Waals surface area (Å²) in [7, 11) is 0. The monoisotopic (exact) mass is 308 g/mol. The number of carbonyl (C=O) groups is 1. The van der Waals surface area contributed by atoms with E-state index in [1.165, 1.54) is 11.8 Å². The first-order valence-electron chi connectivity index (χ1n) is 7.37. The highest BCUT2D eigenvalue weighted by molar-refractivity contribution is 5.86. The molecular weight excluding hydrogens is 292 g/mol.